The first-order chi connectivity index (χ1) is 4.33. The van der Waals surface area contributed by atoms with Gasteiger partial charge >= 0.3 is 0 Å². The molecule has 0 saturated heterocycles. The summed E-state index contributed by atoms with van der Waals surface area (Å²) in [5.41, 5.74) is 0. The summed E-state index contributed by atoms with van der Waals surface area (Å²) in [6, 6.07) is 0.576. The summed E-state index contributed by atoms with van der Waals surface area (Å²) in [7, 11) is 0. The lowest BCUT2D eigenvalue weighted by Gasteiger charge is -2.02. The van der Waals surface area contributed by atoms with E-state index in [9.17, 15) is 0 Å². The highest BCUT2D eigenvalue weighted by atomic mass is 35.5. The maximum absolute atomic E-state index is 4.31. The van der Waals surface area contributed by atoms with Gasteiger partial charge in [-0.3, -0.25) is 4.99 Å². The Hall–Kier alpha value is -0.240. The zero-order valence-electron chi connectivity index (χ0n) is 6.55. The highest BCUT2D eigenvalue weighted by Crippen LogP contribution is 1.99. The molecule has 0 amide bonds. The van der Waals surface area contributed by atoms with E-state index < -0.39 is 0 Å². The summed E-state index contributed by atoms with van der Waals surface area (Å²) in [6.45, 7) is 5.30. The topological polar surface area (TPSA) is 24.4 Å². The molecular weight excluding hydrogens is 148 g/mol. The number of halogens is 1. The van der Waals surface area contributed by atoms with Crippen molar-refractivity contribution in [2.75, 3.05) is 6.54 Å². The SMILES string of the molecule is CCCC1=NCC(C)N1.Cl. The fraction of sp³-hybridized carbons (Fsp3) is 0.857. The number of rotatable bonds is 2. The van der Waals surface area contributed by atoms with Crippen molar-refractivity contribution >= 4 is 18.2 Å². The van der Waals surface area contributed by atoms with Crippen molar-refractivity contribution in [2.45, 2.75) is 32.7 Å². The zero-order valence-corrected chi connectivity index (χ0v) is 7.37. The number of hydrogen-bond acceptors (Lipinski definition) is 2. The minimum absolute atomic E-state index is 0. The van der Waals surface area contributed by atoms with E-state index in [0.29, 0.717) is 6.04 Å². The van der Waals surface area contributed by atoms with Crippen LogP contribution in [-0.2, 0) is 0 Å². The largest absolute Gasteiger partial charge is 0.370 e. The quantitative estimate of drug-likeness (QED) is 0.656. The van der Waals surface area contributed by atoms with Gasteiger partial charge in [0.1, 0.15) is 0 Å². The normalized spacial score (nSPS) is 23.0. The highest BCUT2D eigenvalue weighted by Gasteiger charge is 2.09. The number of aliphatic imine (C=N–C) groups is 1. The molecule has 0 aromatic rings. The summed E-state index contributed by atoms with van der Waals surface area (Å²) in [5.74, 6) is 1.20. The van der Waals surface area contributed by atoms with Gasteiger partial charge in [0.15, 0.2) is 0 Å². The van der Waals surface area contributed by atoms with Gasteiger partial charge < -0.3 is 5.32 Å². The monoisotopic (exact) mass is 162 g/mol. The molecule has 0 aromatic heterocycles. The van der Waals surface area contributed by atoms with E-state index in [1.165, 1.54) is 12.3 Å². The Balaban J connectivity index is 0.000000810. The van der Waals surface area contributed by atoms with Crippen LogP contribution in [0, 0.1) is 0 Å². The number of nitrogens with one attached hydrogen (secondary N) is 1. The second-order valence-corrected chi connectivity index (χ2v) is 2.58. The average molecular weight is 163 g/mol. The highest BCUT2D eigenvalue weighted by molar-refractivity contribution is 5.85. The van der Waals surface area contributed by atoms with Gasteiger partial charge in [-0.25, -0.2) is 0 Å². The molecule has 1 atom stereocenters. The van der Waals surface area contributed by atoms with E-state index in [0.717, 1.165) is 13.0 Å². The molecule has 0 radical (unpaired) electrons. The molecule has 0 aromatic carbocycles. The standard InChI is InChI=1S/C7H14N2.ClH/c1-3-4-7-8-5-6(2)9-7;/h6H,3-5H2,1-2H3,(H,8,9);1H. The lowest BCUT2D eigenvalue weighted by Crippen LogP contribution is -2.26. The van der Waals surface area contributed by atoms with Crippen LogP contribution in [0.15, 0.2) is 4.99 Å². The van der Waals surface area contributed by atoms with Gasteiger partial charge in [-0.05, 0) is 13.3 Å². The number of amidine groups is 1. The van der Waals surface area contributed by atoms with Crippen molar-refractivity contribution in [3.05, 3.63) is 0 Å². The van der Waals surface area contributed by atoms with Crippen molar-refractivity contribution < 1.29 is 0 Å². The van der Waals surface area contributed by atoms with Crippen LogP contribution in [0.1, 0.15) is 26.7 Å². The number of nitrogens with zero attached hydrogens (tertiary/aromatic N) is 1. The average Bonchev–Trinajstić information content (AvgIpc) is 2.17. The first-order valence-corrected chi connectivity index (χ1v) is 3.62. The fourth-order valence-electron chi connectivity index (χ4n) is 1.01. The Bertz CT molecular complexity index is 123. The molecular formula is C7H15ClN2. The van der Waals surface area contributed by atoms with E-state index in [2.05, 4.69) is 24.2 Å². The molecule has 0 aliphatic carbocycles. The van der Waals surface area contributed by atoms with Crippen molar-refractivity contribution in [3.8, 4) is 0 Å². The minimum Gasteiger partial charge on any atom is -0.370 e. The van der Waals surface area contributed by atoms with Crippen LogP contribution in [0.25, 0.3) is 0 Å². The lowest BCUT2D eigenvalue weighted by molar-refractivity contribution is 0.719. The summed E-state index contributed by atoms with van der Waals surface area (Å²) in [6.07, 6.45) is 2.31. The van der Waals surface area contributed by atoms with Crippen LogP contribution >= 0.6 is 12.4 Å². The molecule has 1 N–H and O–H groups in total. The maximum Gasteiger partial charge on any atom is 0.0966 e. The van der Waals surface area contributed by atoms with Crippen molar-refractivity contribution in [1.29, 1.82) is 0 Å². The van der Waals surface area contributed by atoms with E-state index in [4.69, 9.17) is 0 Å². The van der Waals surface area contributed by atoms with Gasteiger partial charge in [-0.2, -0.15) is 0 Å². The van der Waals surface area contributed by atoms with Crippen LogP contribution in [0.4, 0.5) is 0 Å². The summed E-state index contributed by atoms with van der Waals surface area (Å²) < 4.78 is 0. The van der Waals surface area contributed by atoms with Gasteiger partial charge in [0.2, 0.25) is 0 Å². The van der Waals surface area contributed by atoms with E-state index in [1.54, 1.807) is 0 Å². The van der Waals surface area contributed by atoms with E-state index in [1.807, 2.05) is 0 Å². The van der Waals surface area contributed by atoms with Crippen LogP contribution < -0.4 is 5.32 Å². The van der Waals surface area contributed by atoms with Crippen LogP contribution in [0.2, 0.25) is 0 Å². The van der Waals surface area contributed by atoms with E-state index in [-0.39, 0.29) is 12.4 Å². The molecule has 60 valence electrons. The predicted molar refractivity (Wildman–Crippen MR) is 47.1 cm³/mol. The molecule has 0 saturated carbocycles. The second-order valence-electron chi connectivity index (χ2n) is 2.58. The van der Waals surface area contributed by atoms with Gasteiger partial charge in [0.25, 0.3) is 0 Å². The molecule has 0 bridgehead atoms. The first-order valence-electron chi connectivity index (χ1n) is 3.62. The molecule has 1 aliphatic heterocycles. The smallest absolute Gasteiger partial charge is 0.0966 e. The molecule has 1 aliphatic rings. The first kappa shape index (κ1) is 9.76. The summed E-state index contributed by atoms with van der Waals surface area (Å²) >= 11 is 0. The molecule has 10 heavy (non-hydrogen) atoms. The van der Waals surface area contributed by atoms with Gasteiger partial charge in [-0.15, -0.1) is 12.4 Å². The van der Waals surface area contributed by atoms with Crippen LogP contribution in [0.5, 0.6) is 0 Å². The maximum atomic E-state index is 4.31. The molecule has 1 rings (SSSR count). The molecule has 0 fully saturated rings. The van der Waals surface area contributed by atoms with Crippen molar-refractivity contribution in [3.63, 3.8) is 0 Å². The zero-order chi connectivity index (χ0) is 6.69. The van der Waals surface area contributed by atoms with Crippen LogP contribution in [-0.4, -0.2) is 18.4 Å². The second kappa shape index (κ2) is 4.56. The minimum atomic E-state index is 0. The molecule has 1 heterocycles. The Kier molecular flexibility index (Phi) is 4.45. The summed E-state index contributed by atoms with van der Waals surface area (Å²) in [4.78, 5) is 4.31. The molecule has 0 spiro atoms. The molecule has 1 unspecified atom stereocenters. The third-order valence-corrected chi connectivity index (χ3v) is 1.46. The van der Waals surface area contributed by atoms with Crippen molar-refractivity contribution in [2.24, 2.45) is 4.99 Å². The summed E-state index contributed by atoms with van der Waals surface area (Å²) in [5, 5.41) is 3.30. The third kappa shape index (κ3) is 2.56. The van der Waals surface area contributed by atoms with Crippen molar-refractivity contribution in [1.82, 2.24) is 5.32 Å². The Morgan fingerprint density at radius 1 is 1.70 bits per heavy atom. The Morgan fingerprint density at radius 3 is 2.80 bits per heavy atom. The van der Waals surface area contributed by atoms with Crippen LogP contribution in [0.3, 0.4) is 0 Å². The van der Waals surface area contributed by atoms with Gasteiger partial charge in [0, 0.05) is 12.5 Å². The number of hydrogen-bond donors (Lipinski definition) is 1. The predicted octanol–water partition coefficient (Wildman–Crippen LogP) is 1.60. The fourth-order valence-corrected chi connectivity index (χ4v) is 1.01. The molecule has 2 nitrogen and oxygen atoms in total. The Labute approximate surface area is 68.5 Å². The molecule has 3 heteroatoms. The van der Waals surface area contributed by atoms with E-state index >= 15 is 0 Å². The third-order valence-electron chi connectivity index (χ3n) is 1.46. The Morgan fingerprint density at radius 2 is 2.40 bits per heavy atom. The van der Waals surface area contributed by atoms with Gasteiger partial charge in [0.05, 0.1) is 12.4 Å². The van der Waals surface area contributed by atoms with Gasteiger partial charge in [-0.1, -0.05) is 6.92 Å². The lowest BCUT2D eigenvalue weighted by atomic mass is 10.3.